The first-order valence-corrected chi connectivity index (χ1v) is 9.14. The SMILES string of the molecule is O=C(CNC(=O)c1cccs1)OCC(=O)c1ccc2c(c1)CCCC2. The van der Waals surface area contributed by atoms with Gasteiger partial charge in [0.05, 0.1) is 4.88 Å². The van der Waals surface area contributed by atoms with E-state index in [0.29, 0.717) is 10.4 Å². The average molecular weight is 357 g/mol. The van der Waals surface area contributed by atoms with Gasteiger partial charge in [0, 0.05) is 5.56 Å². The summed E-state index contributed by atoms with van der Waals surface area (Å²) in [6.07, 6.45) is 4.38. The Balaban J connectivity index is 1.47. The van der Waals surface area contributed by atoms with Crippen LogP contribution in [0.3, 0.4) is 0 Å². The topological polar surface area (TPSA) is 72.5 Å². The molecule has 1 aromatic heterocycles. The van der Waals surface area contributed by atoms with Crippen molar-refractivity contribution in [1.82, 2.24) is 5.32 Å². The van der Waals surface area contributed by atoms with Crippen LogP contribution in [0.2, 0.25) is 0 Å². The van der Waals surface area contributed by atoms with E-state index in [2.05, 4.69) is 5.32 Å². The molecule has 130 valence electrons. The maximum Gasteiger partial charge on any atom is 0.325 e. The molecule has 0 saturated carbocycles. The second-order valence-corrected chi connectivity index (χ2v) is 6.88. The van der Waals surface area contributed by atoms with Crippen molar-refractivity contribution in [2.75, 3.05) is 13.2 Å². The third-order valence-electron chi connectivity index (χ3n) is 4.17. The molecule has 1 heterocycles. The van der Waals surface area contributed by atoms with E-state index in [-0.39, 0.29) is 24.8 Å². The summed E-state index contributed by atoms with van der Waals surface area (Å²) in [5, 5.41) is 4.26. The summed E-state index contributed by atoms with van der Waals surface area (Å²) in [6.45, 7) is -0.569. The minimum absolute atomic E-state index is 0.230. The molecule has 1 aliphatic carbocycles. The van der Waals surface area contributed by atoms with Crippen LogP contribution in [-0.4, -0.2) is 30.8 Å². The van der Waals surface area contributed by atoms with Crippen molar-refractivity contribution in [2.24, 2.45) is 0 Å². The number of ether oxygens (including phenoxy) is 1. The Morgan fingerprint density at radius 2 is 1.88 bits per heavy atom. The van der Waals surface area contributed by atoms with Crippen LogP contribution in [0.4, 0.5) is 0 Å². The van der Waals surface area contributed by atoms with Crippen LogP contribution in [-0.2, 0) is 22.4 Å². The summed E-state index contributed by atoms with van der Waals surface area (Å²) in [4.78, 5) is 36.2. The van der Waals surface area contributed by atoms with Gasteiger partial charge in [0.1, 0.15) is 6.54 Å². The largest absolute Gasteiger partial charge is 0.456 e. The van der Waals surface area contributed by atoms with Gasteiger partial charge in [0.25, 0.3) is 5.91 Å². The van der Waals surface area contributed by atoms with Gasteiger partial charge in [-0.15, -0.1) is 11.3 Å². The standard InChI is InChI=1S/C19H19NO4S/c21-16(15-8-7-13-4-1-2-5-14(13)10-15)12-24-18(22)11-20-19(23)17-6-3-9-25-17/h3,6-10H,1-2,4-5,11-12H2,(H,20,23). The van der Waals surface area contributed by atoms with Gasteiger partial charge in [-0.25, -0.2) is 0 Å². The van der Waals surface area contributed by atoms with Gasteiger partial charge in [-0.3, -0.25) is 14.4 Å². The molecule has 1 aliphatic rings. The number of ketones is 1. The third kappa shape index (κ3) is 4.54. The summed E-state index contributed by atoms with van der Waals surface area (Å²) in [6, 6.07) is 9.12. The zero-order valence-corrected chi connectivity index (χ0v) is 14.6. The molecule has 1 amide bonds. The number of carbonyl (C=O) groups is 3. The van der Waals surface area contributed by atoms with Crippen molar-refractivity contribution in [1.29, 1.82) is 0 Å². The zero-order valence-electron chi connectivity index (χ0n) is 13.7. The van der Waals surface area contributed by atoms with Crippen molar-refractivity contribution >= 4 is 29.0 Å². The molecule has 0 bridgehead atoms. The third-order valence-corrected chi connectivity index (χ3v) is 5.04. The Hall–Kier alpha value is -2.47. The molecular weight excluding hydrogens is 338 g/mol. The van der Waals surface area contributed by atoms with Gasteiger partial charge < -0.3 is 10.1 Å². The second kappa shape index (κ2) is 8.07. The second-order valence-electron chi connectivity index (χ2n) is 5.93. The lowest BCUT2D eigenvalue weighted by Gasteiger charge is -2.16. The van der Waals surface area contributed by atoms with E-state index >= 15 is 0 Å². The van der Waals surface area contributed by atoms with E-state index in [1.54, 1.807) is 23.6 Å². The highest BCUT2D eigenvalue weighted by Crippen LogP contribution is 2.22. The molecule has 25 heavy (non-hydrogen) atoms. The number of amides is 1. The van der Waals surface area contributed by atoms with Gasteiger partial charge in [0.15, 0.2) is 12.4 Å². The van der Waals surface area contributed by atoms with Crippen molar-refractivity contribution < 1.29 is 19.1 Å². The fourth-order valence-corrected chi connectivity index (χ4v) is 3.47. The first-order chi connectivity index (χ1) is 12.1. The van der Waals surface area contributed by atoms with Crippen LogP contribution in [0.5, 0.6) is 0 Å². The number of nitrogens with one attached hydrogen (secondary N) is 1. The van der Waals surface area contributed by atoms with Gasteiger partial charge in [-0.2, -0.15) is 0 Å². The van der Waals surface area contributed by atoms with Crippen LogP contribution in [0.15, 0.2) is 35.7 Å². The highest BCUT2D eigenvalue weighted by Gasteiger charge is 2.15. The number of esters is 1. The number of benzene rings is 1. The van der Waals surface area contributed by atoms with Crippen LogP contribution in [0.25, 0.3) is 0 Å². The molecule has 1 N–H and O–H groups in total. The lowest BCUT2D eigenvalue weighted by molar-refractivity contribution is -0.141. The van der Waals surface area contributed by atoms with Crippen molar-refractivity contribution in [2.45, 2.75) is 25.7 Å². The van der Waals surface area contributed by atoms with E-state index in [1.165, 1.54) is 28.9 Å². The Labute approximate surface area is 150 Å². The van der Waals surface area contributed by atoms with E-state index in [0.717, 1.165) is 19.3 Å². The molecule has 0 saturated heterocycles. The number of carbonyl (C=O) groups excluding carboxylic acids is 3. The molecule has 3 rings (SSSR count). The summed E-state index contributed by atoms with van der Waals surface area (Å²) in [7, 11) is 0. The summed E-state index contributed by atoms with van der Waals surface area (Å²) >= 11 is 1.29. The average Bonchev–Trinajstić information content (AvgIpc) is 3.18. The number of rotatable bonds is 6. The fourth-order valence-electron chi connectivity index (χ4n) is 2.83. The maximum atomic E-state index is 12.2. The fraction of sp³-hybridized carbons (Fsp3) is 0.316. The van der Waals surface area contributed by atoms with Crippen molar-refractivity contribution in [3.8, 4) is 0 Å². The van der Waals surface area contributed by atoms with Crippen LogP contribution in [0.1, 0.15) is 44.0 Å². The van der Waals surface area contributed by atoms with E-state index in [9.17, 15) is 14.4 Å². The molecule has 0 fully saturated rings. The summed E-state index contributed by atoms with van der Waals surface area (Å²) < 4.78 is 4.97. The minimum atomic E-state index is -0.629. The predicted octanol–water partition coefficient (Wildman–Crippen LogP) is 2.78. The molecule has 1 aromatic carbocycles. The van der Waals surface area contributed by atoms with Gasteiger partial charge in [-0.05, 0) is 54.3 Å². The summed E-state index contributed by atoms with van der Waals surface area (Å²) in [5.74, 6) is -1.18. The Morgan fingerprint density at radius 3 is 2.64 bits per heavy atom. The lowest BCUT2D eigenvalue weighted by atomic mass is 9.90. The monoisotopic (exact) mass is 357 g/mol. The molecule has 5 nitrogen and oxygen atoms in total. The van der Waals surface area contributed by atoms with E-state index < -0.39 is 5.97 Å². The molecule has 2 aromatic rings. The molecule has 0 spiro atoms. The Bertz CT molecular complexity index is 783. The van der Waals surface area contributed by atoms with E-state index in [1.807, 2.05) is 12.1 Å². The van der Waals surface area contributed by atoms with Crippen molar-refractivity contribution in [3.05, 3.63) is 57.3 Å². The molecule has 6 heteroatoms. The first-order valence-electron chi connectivity index (χ1n) is 8.26. The number of Topliss-reactive ketones (excluding diaryl/α,β-unsaturated/α-hetero) is 1. The zero-order chi connectivity index (χ0) is 17.6. The quantitative estimate of drug-likeness (QED) is 0.637. The number of thiophene rings is 1. The van der Waals surface area contributed by atoms with Crippen LogP contribution in [0, 0.1) is 0 Å². The van der Waals surface area contributed by atoms with Crippen LogP contribution >= 0.6 is 11.3 Å². The number of hydrogen-bond donors (Lipinski definition) is 1. The maximum absolute atomic E-state index is 12.2. The molecule has 0 unspecified atom stereocenters. The molecular formula is C19H19NO4S. The summed E-state index contributed by atoms with van der Waals surface area (Å²) in [5.41, 5.74) is 3.08. The highest BCUT2D eigenvalue weighted by molar-refractivity contribution is 7.12. The normalized spacial score (nSPS) is 13.0. The number of aryl methyl sites for hydroxylation is 2. The van der Waals surface area contributed by atoms with Gasteiger partial charge >= 0.3 is 5.97 Å². The van der Waals surface area contributed by atoms with Crippen molar-refractivity contribution in [3.63, 3.8) is 0 Å². The van der Waals surface area contributed by atoms with Gasteiger partial charge in [-0.1, -0.05) is 18.2 Å². The van der Waals surface area contributed by atoms with Crippen LogP contribution < -0.4 is 5.32 Å². The van der Waals surface area contributed by atoms with Gasteiger partial charge in [0.2, 0.25) is 0 Å². The Kier molecular flexibility index (Phi) is 5.60. The molecule has 0 aliphatic heterocycles. The minimum Gasteiger partial charge on any atom is -0.456 e. The molecule has 0 atom stereocenters. The Morgan fingerprint density at radius 1 is 1.08 bits per heavy atom. The lowest BCUT2D eigenvalue weighted by Crippen LogP contribution is -2.31. The van der Waals surface area contributed by atoms with E-state index in [4.69, 9.17) is 4.74 Å². The molecule has 0 radical (unpaired) electrons. The highest BCUT2D eigenvalue weighted by atomic mass is 32.1. The smallest absolute Gasteiger partial charge is 0.325 e. The first kappa shape index (κ1) is 17.4. The number of fused-ring (bicyclic) bond motifs is 1. The predicted molar refractivity (Wildman–Crippen MR) is 95.0 cm³/mol. The number of hydrogen-bond acceptors (Lipinski definition) is 5.